The molecule has 1 aliphatic rings. The van der Waals surface area contributed by atoms with E-state index in [0.717, 1.165) is 13.2 Å². The molecule has 47 valence electrons. The van der Waals surface area contributed by atoms with Gasteiger partial charge in [0.1, 0.15) is 0 Å². The summed E-state index contributed by atoms with van der Waals surface area (Å²) in [4.78, 5) is 0. The van der Waals surface area contributed by atoms with E-state index in [1.807, 2.05) is 6.92 Å². The standard InChI is InChI=1S/C6H12NO/c1-5-6(2)8-4-3-7-5/h5-7H,1,3-4H2,2H3. The van der Waals surface area contributed by atoms with Crippen LogP contribution in [0.4, 0.5) is 0 Å². The van der Waals surface area contributed by atoms with Crippen molar-refractivity contribution in [1.29, 1.82) is 0 Å². The van der Waals surface area contributed by atoms with E-state index < -0.39 is 0 Å². The third kappa shape index (κ3) is 1.20. The number of nitrogens with one attached hydrogen (secondary N) is 1. The molecule has 0 bridgehead atoms. The van der Waals surface area contributed by atoms with Crippen LogP contribution in [0, 0.1) is 6.92 Å². The Morgan fingerprint density at radius 2 is 2.50 bits per heavy atom. The van der Waals surface area contributed by atoms with Crippen molar-refractivity contribution in [3.63, 3.8) is 0 Å². The van der Waals surface area contributed by atoms with Gasteiger partial charge in [-0.15, -0.1) is 0 Å². The van der Waals surface area contributed by atoms with Crippen LogP contribution in [0.2, 0.25) is 0 Å². The minimum Gasteiger partial charge on any atom is -0.376 e. The fourth-order valence-electron chi connectivity index (χ4n) is 0.771. The fraction of sp³-hybridized carbons (Fsp3) is 0.833. The monoisotopic (exact) mass is 114 g/mol. The lowest BCUT2D eigenvalue weighted by molar-refractivity contribution is 0.0204. The first-order chi connectivity index (χ1) is 3.80. The van der Waals surface area contributed by atoms with Crippen molar-refractivity contribution in [2.45, 2.75) is 19.1 Å². The van der Waals surface area contributed by atoms with E-state index in [4.69, 9.17) is 4.74 Å². The Labute approximate surface area is 50.2 Å². The second-order valence-electron chi connectivity index (χ2n) is 2.14. The van der Waals surface area contributed by atoms with Crippen LogP contribution in [0.5, 0.6) is 0 Å². The van der Waals surface area contributed by atoms with Crippen LogP contribution in [0.3, 0.4) is 0 Å². The van der Waals surface area contributed by atoms with Gasteiger partial charge in [0.05, 0.1) is 12.7 Å². The summed E-state index contributed by atoms with van der Waals surface area (Å²) >= 11 is 0. The van der Waals surface area contributed by atoms with E-state index in [2.05, 4.69) is 12.2 Å². The lowest BCUT2D eigenvalue weighted by atomic mass is 10.2. The first-order valence-electron chi connectivity index (χ1n) is 2.99. The molecule has 1 N–H and O–H groups in total. The van der Waals surface area contributed by atoms with Gasteiger partial charge in [-0.25, -0.2) is 0 Å². The number of hydrogen-bond acceptors (Lipinski definition) is 2. The molecule has 0 saturated carbocycles. The summed E-state index contributed by atoms with van der Waals surface area (Å²) in [7, 11) is 0. The van der Waals surface area contributed by atoms with Crippen LogP contribution in [0.1, 0.15) is 6.92 Å². The van der Waals surface area contributed by atoms with E-state index in [1.165, 1.54) is 0 Å². The number of ether oxygens (including phenoxy) is 1. The Morgan fingerprint density at radius 3 is 2.88 bits per heavy atom. The molecule has 2 unspecified atom stereocenters. The molecule has 0 aromatic rings. The summed E-state index contributed by atoms with van der Waals surface area (Å²) in [6.07, 6.45) is 0.281. The first-order valence-corrected chi connectivity index (χ1v) is 2.99. The van der Waals surface area contributed by atoms with Gasteiger partial charge in [-0.05, 0) is 13.8 Å². The Balaban J connectivity index is 2.28. The molecule has 0 aliphatic carbocycles. The second kappa shape index (κ2) is 2.46. The van der Waals surface area contributed by atoms with Crippen molar-refractivity contribution in [3.8, 4) is 0 Å². The second-order valence-corrected chi connectivity index (χ2v) is 2.14. The fourth-order valence-corrected chi connectivity index (χ4v) is 0.771. The Bertz CT molecular complexity index is 64.9. The van der Waals surface area contributed by atoms with Crippen LogP contribution in [0.25, 0.3) is 0 Å². The van der Waals surface area contributed by atoms with Crippen LogP contribution in [-0.4, -0.2) is 25.3 Å². The molecular weight excluding hydrogens is 102 g/mol. The summed E-state index contributed by atoms with van der Waals surface area (Å²) in [5.74, 6) is 0. The Hall–Kier alpha value is -0.0800. The van der Waals surface area contributed by atoms with Crippen molar-refractivity contribution in [3.05, 3.63) is 6.92 Å². The Morgan fingerprint density at radius 1 is 1.75 bits per heavy atom. The van der Waals surface area contributed by atoms with Crippen LogP contribution in [0.15, 0.2) is 0 Å². The van der Waals surface area contributed by atoms with Gasteiger partial charge in [-0.2, -0.15) is 0 Å². The molecule has 2 heteroatoms. The third-order valence-electron chi connectivity index (χ3n) is 1.46. The van der Waals surface area contributed by atoms with Crippen molar-refractivity contribution in [2.75, 3.05) is 13.2 Å². The lowest BCUT2D eigenvalue weighted by Crippen LogP contribution is -2.44. The van der Waals surface area contributed by atoms with Crippen LogP contribution < -0.4 is 5.32 Å². The molecule has 8 heavy (non-hydrogen) atoms. The van der Waals surface area contributed by atoms with Gasteiger partial charge in [0.2, 0.25) is 0 Å². The molecule has 2 atom stereocenters. The zero-order valence-corrected chi connectivity index (χ0v) is 5.18. The molecule has 0 aromatic carbocycles. The molecule has 1 radical (unpaired) electrons. The number of hydrogen-bond donors (Lipinski definition) is 1. The summed E-state index contributed by atoms with van der Waals surface area (Å²) < 4.78 is 5.27. The van der Waals surface area contributed by atoms with Gasteiger partial charge in [0.25, 0.3) is 0 Å². The maximum atomic E-state index is 5.27. The molecule has 0 spiro atoms. The molecular formula is C6H12NO. The van der Waals surface area contributed by atoms with Crippen molar-refractivity contribution >= 4 is 0 Å². The molecule has 1 heterocycles. The molecule has 0 aromatic heterocycles. The zero-order chi connectivity index (χ0) is 5.98. The maximum Gasteiger partial charge on any atom is 0.0700 e. The number of morpholine rings is 1. The largest absolute Gasteiger partial charge is 0.376 e. The average molecular weight is 114 g/mol. The van der Waals surface area contributed by atoms with Crippen molar-refractivity contribution in [2.24, 2.45) is 0 Å². The SMILES string of the molecule is [CH2]C1NCCOC1C. The molecule has 1 saturated heterocycles. The molecule has 1 fully saturated rings. The number of rotatable bonds is 0. The topological polar surface area (TPSA) is 21.3 Å². The predicted octanol–water partition coefficient (Wildman–Crippen LogP) is 0.197. The molecule has 1 rings (SSSR count). The summed E-state index contributed by atoms with van der Waals surface area (Å²) in [5, 5.41) is 3.20. The highest BCUT2D eigenvalue weighted by atomic mass is 16.5. The smallest absolute Gasteiger partial charge is 0.0700 e. The highest BCUT2D eigenvalue weighted by molar-refractivity contribution is 4.78. The van der Waals surface area contributed by atoms with Gasteiger partial charge < -0.3 is 10.1 Å². The van der Waals surface area contributed by atoms with E-state index in [0.29, 0.717) is 0 Å². The van der Waals surface area contributed by atoms with Crippen LogP contribution >= 0.6 is 0 Å². The van der Waals surface area contributed by atoms with Gasteiger partial charge in [-0.3, -0.25) is 0 Å². The molecule has 1 aliphatic heterocycles. The lowest BCUT2D eigenvalue weighted by Gasteiger charge is -2.26. The zero-order valence-electron chi connectivity index (χ0n) is 5.18. The van der Waals surface area contributed by atoms with E-state index in [9.17, 15) is 0 Å². The van der Waals surface area contributed by atoms with Gasteiger partial charge in [-0.1, -0.05) is 0 Å². The minimum absolute atomic E-state index is 0.281. The summed E-state index contributed by atoms with van der Waals surface area (Å²) in [6.45, 7) is 7.64. The quantitative estimate of drug-likeness (QED) is 0.485. The molecule has 2 nitrogen and oxygen atoms in total. The van der Waals surface area contributed by atoms with Crippen molar-refractivity contribution in [1.82, 2.24) is 5.32 Å². The van der Waals surface area contributed by atoms with E-state index >= 15 is 0 Å². The molecule has 0 amide bonds. The first kappa shape index (κ1) is 6.05. The predicted molar refractivity (Wildman–Crippen MR) is 32.6 cm³/mol. The summed E-state index contributed by atoms with van der Waals surface area (Å²) in [5.41, 5.74) is 0. The van der Waals surface area contributed by atoms with Crippen molar-refractivity contribution < 1.29 is 4.74 Å². The van der Waals surface area contributed by atoms with E-state index in [-0.39, 0.29) is 12.1 Å². The minimum atomic E-state index is 0.281. The highest BCUT2D eigenvalue weighted by Crippen LogP contribution is 2.00. The van der Waals surface area contributed by atoms with E-state index in [1.54, 1.807) is 0 Å². The van der Waals surface area contributed by atoms with Gasteiger partial charge in [0, 0.05) is 12.6 Å². The normalized spacial score (nSPS) is 39.8. The average Bonchev–Trinajstić information content (AvgIpc) is 1.77. The Kier molecular flexibility index (Phi) is 1.86. The summed E-state index contributed by atoms with van der Waals surface area (Å²) in [6, 6.07) is 0.281. The third-order valence-corrected chi connectivity index (χ3v) is 1.46. The van der Waals surface area contributed by atoms with Gasteiger partial charge in [0.15, 0.2) is 0 Å². The van der Waals surface area contributed by atoms with Crippen LogP contribution in [-0.2, 0) is 4.74 Å². The maximum absolute atomic E-state index is 5.27. The van der Waals surface area contributed by atoms with Gasteiger partial charge >= 0.3 is 0 Å². The highest BCUT2D eigenvalue weighted by Gasteiger charge is 2.15.